The smallest absolute Gasteiger partial charge is 0.125 e. The number of halogens is 2. The van der Waals surface area contributed by atoms with Crippen LogP contribution in [0.5, 0.6) is 5.75 Å². The molecule has 2 aromatic carbocycles. The van der Waals surface area contributed by atoms with Gasteiger partial charge in [0, 0.05) is 27.7 Å². The lowest BCUT2D eigenvalue weighted by atomic mass is 9.92. The van der Waals surface area contributed by atoms with E-state index >= 15 is 0 Å². The van der Waals surface area contributed by atoms with Crippen molar-refractivity contribution in [2.75, 3.05) is 6.54 Å². The second-order valence-electron chi connectivity index (χ2n) is 6.68. The van der Waals surface area contributed by atoms with Gasteiger partial charge in [0.15, 0.2) is 0 Å². The number of phenolic OH excluding ortho intramolecular Hbond substituents is 1. The lowest BCUT2D eigenvalue weighted by Crippen LogP contribution is -2.10. The summed E-state index contributed by atoms with van der Waals surface area (Å²) in [5, 5.41) is 11.4. The Bertz CT molecular complexity index is 718. The molecule has 122 valence electrons. The molecule has 0 fully saturated rings. The third kappa shape index (κ3) is 4.98. The van der Waals surface area contributed by atoms with Gasteiger partial charge in [0.25, 0.3) is 0 Å². The van der Waals surface area contributed by atoms with E-state index in [-0.39, 0.29) is 11.2 Å². The lowest BCUT2D eigenvalue weighted by Gasteiger charge is -2.17. The molecule has 0 atom stereocenters. The highest BCUT2D eigenvalue weighted by atomic mass is 35.5. The highest BCUT2D eigenvalue weighted by Crippen LogP contribution is 2.28. The fourth-order valence-corrected chi connectivity index (χ4v) is 2.57. The first-order valence-corrected chi connectivity index (χ1v) is 8.32. The van der Waals surface area contributed by atoms with E-state index in [0.717, 1.165) is 12.0 Å². The van der Waals surface area contributed by atoms with Crippen LogP contribution in [0.1, 0.15) is 38.3 Å². The van der Waals surface area contributed by atoms with Crippen molar-refractivity contribution in [3.05, 3.63) is 63.6 Å². The summed E-state index contributed by atoms with van der Waals surface area (Å²) in [6, 6.07) is 12.4. The van der Waals surface area contributed by atoms with E-state index in [0.29, 0.717) is 27.9 Å². The van der Waals surface area contributed by atoms with Crippen molar-refractivity contribution in [3.63, 3.8) is 0 Å². The van der Waals surface area contributed by atoms with Crippen LogP contribution in [-0.2, 0) is 0 Å². The van der Waals surface area contributed by atoms with Gasteiger partial charge in [-0.25, -0.2) is 0 Å². The van der Waals surface area contributed by atoms with E-state index in [1.54, 1.807) is 18.2 Å². The van der Waals surface area contributed by atoms with Crippen molar-refractivity contribution in [1.82, 2.24) is 0 Å². The second kappa shape index (κ2) is 7.37. The Morgan fingerprint density at radius 3 is 2.39 bits per heavy atom. The molecule has 0 aromatic heterocycles. The normalized spacial score (nSPS) is 12.5. The third-order valence-corrected chi connectivity index (χ3v) is 4.04. The van der Waals surface area contributed by atoms with Crippen LogP contribution >= 0.6 is 23.2 Å². The fourth-order valence-electron chi connectivity index (χ4n) is 2.17. The summed E-state index contributed by atoms with van der Waals surface area (Å²) in [4.78, 5) is 4.73. The molecule has 0 amide bonds. The molecular weight excluding hydrogens is 329 g/mol. The van der Waals surface area contributed by atoms with Gasteiger partial charge in [-0.1, -0.05) is 62.2 Å². The first-order valence-electron chi connectivity index (χ1n) is 7.56. The van der Waals surface area contributed by atoms with Crippen molar-refractivity contribution >= 4 is 28.9 Å². The summed E-state index contributed by atoms with van der Waals surface area (Å²) >= 11 is 12.4. The van der Waals surface area contributed by atoms with Gasteiger partial charge in [-0.2, -0.15) is 0 Å². The molecule has 1 N–H and O–H groups in total. The summed E-state index contributed by atoms with van der Waals surface area (Å²) in [7, 11) is 0. The Kier molecular flexibility index (Phi) is 5.72. The van der Waals surface area contributed by atoms with Gasteiger partial charge in [0.2, 0.25) is 0 Å². The zero-order chi connectivity index (χ0) is 17.0. The van der Waals surface area contributed by atoms with Crippen molar-refractivity contribution in [1.29, 1.82) is 0 Å². The molecular formula is C19H21Cl2NO. The van der Waals surface area contributed by atoms with Crippen molar-refractivity contribution in [2.24, 2.45) is 10.4 Å². The molecule has 0 heterocycles. The van der Waals surface area contributed by atoms with Crippen molar-refractivity contribution in [2.45, 2.75) is 27.2 Å². The molecule has 0 unspecified atom stereocenters. The number of hydrogen-bond acceptors (Lipinski definition) is 2. The molecule has 0 radical (unpaired) electrons. The monoisotopic (exact) mass is 349 g/mol. The Morgan fingerprint density at radius 1 is 1.04 bits per heavy atom. The molecule has 0 aliphatic carbocycles. The third-order valence-electron chi connectivity index (χ3n) is 3.47. The van der Waals surface area contributed by atoms with Gasteiger partial charge in [-0.05, 0) is 36.1 Å². The maximum absolute atomic E-state index is 10.2. The Balaban J connectivity index is 2.50. The van der Waals surface area contributed by atoms with Crippen molar-refractivity contribution < 1.29 is 5.11 Å². The van der Waals surface area contributed by atoms with E-state index in [1.165, 1.54) is 0 Å². The summed E-state index contributed by atoms with van der Waals surface area (Å²) in [6.45, 7) is 7.17. The van der Waals surface area contributed by atoms with Crippen LogP contribution in [0.15, 0.2) is 47.5 Å². The maximum atomic E-state index is 10.2. The minimum Gasteiger partial charge on any atom is -0.507 e. The molecule has 0 spiro atoms. The van der Waals surface area contributed by atoms with E-state index in [4.69, 9.17) is 28.2 Å². The minimum absolute atomic E-state index is 0.142. The zero-order valence-corrected chi connectivity index (χ0v) is 15.1. The summed E-state index contributed by atoms with van der Waals surface area (Å²) < 4.78 is 0. The van der Waals surface area contributed by atoms with Gasteiger partial charge in [0.1, 0.15) is 5.75 Å². The van der Waals surface area contributed by atoms with Gasteiger partial charge < -0.3 is 5.11 Å². The molecule has 0 saturated carbocycles. The Hall–Kier alpha value is -1.51. The zero-order valence-electron chi connectivity index (χ0n) is 13.6. The van der Waals surface area contributed by atoms with Crippen LogP contribution in [0.4, 0.5) is 0 Å². The molecule has 0 bridgehead atoms. The number of aliphatic imine (C=N–C) groups is 1. The number of hydrogen-bond donors (Lipinski definition) is 1. The van der Waals surface area contributed by atoms with Crippen LogP contribution in [0.3, 0.4) is 0 Å². The standard InChI is InChI=1S/C19H21Cl2NO/c1-19(2,3)10-11-22-18(14-6-4-5-7-16(14)21)15-12-13(20)8-9-17(15)23/h4-9,12,23H,10-11H2,1-3H3. The first kappa shape index (κ1) is 17.8. The molecule has 2 aromatic rings. The molecule has 23 heavy (non-hydrogen) atoms. The number of aromatic hydroxyl groups is 1. The van der Waals surface area contributed by atoms with E-state index in [9.17, 15) is 5.11 Å². The maximum Gasteiger partial charge on any atom is 0.125 e. The van der Waals surface area contributed by atoms with E-state index < -0.39 is 0 Å². The average Bonchev–Trinajstić information content (AvgIpc) is 2.46. The quantitative estimate of drug-likeness (QED) is 0.677. The minimum atomic E-state index is 0.142. The van der Waals surface area contributed by atoms with Crippen LogP contribution in [0, 0.1) is 5.41 Å². The van der Waals surface area contributed by atoms with Crippen molar-refractivity contribution in [3.8, 4) is 5.75 Å². The number of phenols is 1. The largest absolute Gasteiger partial charge is 0.507 e. The predicted octanol–water partition coefficient (Wildman–Crippen LogP) is 5.97. The predicted molar refractivity (Wildman–Crippen MR) is 99.1 cm³/mol. The highest BCUT2D eigenvalue weighted by molar-refractivity contribution is 6.36. The molecule has 2 nitrogen and oxygen atoms in total. The fraction of sp³-hybridized carbons (Fsp3) is 0.316. The van der Waals surface area contributed by atoms with E-state index in [2.05, 4.69) is 20.8 Å². The second-order valence-corrected chi connectivity index (χ2v) is 7.53. The Labute approximate surface area is 147 Å². The molecule has 4 heteroatoms. The van der Waals surface area contributed by atoms with Crippen LogP contribution < -0.4 is 0 Å². The number of rotatable bonds is 4. The van der Waals surface area contributed by atoms with Gasteiger partial charge >= 0.3 is 0 Å². The topological polar surface area (TPSA) is 32.6 Å². The van der Waals surface area contributed by atoms with Crippen LogP contribution in [0.25, 0.3) is 0 Å². The summed E-state index contributed by atoms with van der Waals surface area (Å²) in [5.74, 6) is 0.142. The molecule has 0 saturated heterocycles. The first-order chi connectivity index (χ1) is 10.8. The van der Waals surface area contributed by atoms with Gasteiger partial charge in [-0.15, -0.1) is 0 Å². The highest BCUT2D eigenvalue weighted by Gasteiger charge is 2.16. The summed E-state index contributed by atoms with van der Waals surface area (Å²) in [6.07, 6.45) is 0.933. The van der Waals surface area contributed by atoms with E-state index in [1.807, 2.05) is 24.3 Å². The van der Waals surface area contributed by atoms with Crippen LogP contribution in [0.2, 0.25) is 10.0 Å². The van der Waals surface area contributed by atoms with Gasteiger partial charge in [-0.3, -0.25) is 4.99 Å². The average molecular weight is 350 g/mol. The molecule has 0 aliphatic rings. The Morgan fingerprint density at radius 2 is 1.74 bits per heavy atom. The van der Waals surface area contributed by atoms with Gasteiger partial charge in [0.05, 0.1) is 5.71 Å². The number of nitrogens with zero attached hydrogens (tertiary/aromatic N) is 1. The molecule has 0 aliphatic heterocycles. The number of benzene rings is 2. The lowest BCUT2D eigenvalue weighted by molar-refractivity contribution is 0.385. The van der Waals surface area contributed by atoms with Crippen LogP contribution in [-0.4, -0.2) is 17.4 Å². The summed E-state index contributed by atoms with van der Waals surface area (Å²) in [5.41, 5.74) is 2.24. The molecule has 2 rings (SSSR count). The SMILES string of the molecule is CC(C)(C)CCN=C(c1cc(Cl)ccc1O)c1ccccc1Cl.